The maximum atomic E-state index is 14.0. The zero-order chi connectivity index (χ0) is 29.3. The molecule has 0 saturated heterocycles. The van der Waals surface area contributed by atoms with Crippen LogP contribution in [0, 0.1) is 10.1 Å². The van der Waals surface area contributed by atoms with Crippen LogP contribution in [0.3, 0.4) is 0 Å². The molecule has 1 aromatic heterocycles. The number of anilines is 1. The molecule has 3 aromatic carbocycles. The van der Waals surface area contributed by atoms with Gasteiger partial charge in [-0.2, -0.15) is 0 Å². The number of aromatic nitrogens is 1. The van der Waals surface area contributed by atoms with Gasteiger partial charge in [-0.05, 0) is 49.4 Å². The molecule has 12 heteroatoms. The van der Waals surface area contributed by atoms with Gasteiger partial charge in [-0.1, -0.05) is 18.2 Å². The highest BCUT2D eigenvalue weighted by molar-refractivity contribution is 7.08. The summed E-state index contributed by atoms with van der Waals surface area (Å²) >= 11 is 0.752. The summed E-state index contributed by atoms with van der Waals surface area (Å²) < 4.78 is 11.4. The Labute approximate surface area is 235 Å². The third-order valence-corrected chi connectivity index (χ3v) is 7.43. The van der Waals surface area contributed by atoms with Crippen molar-refractivity contribution in [2.45, 2.75) is 6.92 Å². The van der Waals surface area contributed by atoms with E-state index in [2.05, 4.69) is 5.32 Å². The van der Waals surface area contributed by atoms with E-state index in [0.717, 1.165) is 11.3 Å². The molecule has 0 aliphatic carbocycles. The molecule has 0 saturated carbocycles. The van der Waals surface area contributed by atoms with Gasteiger partial charge in [-0.25, -0.2) is 4.79 Å². The van der Waals surface area contributed by atoms with Crippen LogP contribution in [0.4, 0.5) is 11.4 Å². The van der Waals surface area contributed by atoms with E-state index < -0.39 is 33.7 Å². The first-order valence-corrected chi connectivity index (χ1v) is 13.1. The molecule has 2 heterocycles. The number of carbonyl (C=O) groups is 3. The molecule has 11 nitrogen and oxygen atoms in total. The van der Waals surface area contributed by atoms with Crippen LogP contribution in [-0.4, -0.2) is 40.9 Å². The highest BCUT2D eigenvalue weighted by Gasteiger charge is 2.31. The SMILES string of the molecule is CCOC(=O)C(C(=O)c1ccc(OC)cc1)=c1sc(=C2C(=O)Nc3ccc([N+](=O)[O-])cc32)c(=O)n1-c1ccccc1. The summed E-state index contributed by atoms with van der Waals surface area (Å²) in [4.78, 5) is 65.1. The number of hydrogen-bond acceptors (Lipinski definition) is 9. The zero-order valence-corrected chi connectivity index (χ0v) is 22.5. The molecule has 0 unspecified atom stereocenters. The minimum atomic E-state index is -0.956. The fourth-order valence-corrected chi connectivity index (χ4v) is 5.61. The van der Waals surface area contributed by atoms with Crippen molar-refractivity contribution < 1.29 is 28.8 Å². The first-order valence-electron chi connectivity index (χ1n) is 12.3. The Morgan fingerprint density at radius 2 is 1.73 bits per heavy atom. The lowest BCUT2D eigenvalue weighted by atomic mass is 10.0. The van der Waals surface area contributed by atoms with Crippen molar-refractivity contribution in [2.75, 3.05) is 19.0 Å². The molecule has 41 heavy (non-hydrogen) atoms. The van der Waals surface area contributed by atoms with E-state index in [0.29, 0.717) is 17.1 Å². The third-order valence-electron chi connectivity index (χ3n) is 6.27. The average Bonchev–Trinajstić information content (AvgIpc) is 3.48. The minimum absolute atomic E-state index is 0.0388. The second kappa shape index (κ2) is 11.0. The quantitative estimate of drug-likeness (QED) is 0.117. The van der Waals surface area contributed by atoms with Gasteiger partial charge in [0.15, 0.2) is 0 Å². The van der Waals surface area contributed by atoms with Gasteiger partial charge in [0, 0.05) is 28.9 Å². The topological polar surface area (TPSA) is 147 Å². The standard InChI is InChI=1S/C29H21N3O8S/c1-3-40-29(36)23(24(33)16-9-12-19(39-2)13-10-16)28-31(17-7-5-4-6-8-17)27(35)25(41-28)22-20-15-18(32(37)38)11-14-21(20)30-26(22)34/h4-15H,3H2,1-2H3,(H,30,34). The second-order valence-electron chi connectivity index (χ2n) is 8.68. The largest absolute Gasteiger partial charge is 0.497 e. The van der Waals surface area contributed by atoms with Crippen molar-refractivity contribution in [3.05, 3.63) is 114 Å². The number of nitrogens with one attached hydrogen (secondary N) is 1. The normalized spacial score (nSPS) is 14.1. The number of methoxy groups -OCH3 is 1. The molecule has 5 rings (SSSR count). The predicted octanol–water partition coefficient (Wildman–Crippen LogP) is 2.56. The van der Waals surface area contributed by atoms with Gasteiger partial charge in [0.2, 0.25) is 5.78 Å². The number of carbonyl (C=O) groups excluding carboxylic acids is 3. The Bertz CT molecular complexity index is 1910. The molecule has 1 N–H and O–H groups in total. The lowest BCUT2D eigenvalue weighted by Crippen LogP contribution is -2.34. The molecule has 206 valence electrons. The highest BCUT2D eigenvalue weighted by atomic mass is 32.1. The van der Waals surface area contributed by atoms with Gasteiger partial charge >= 0.3 is 5.97 Å². The molecule has 0 bridgehead atoms. The molecule has 1 aliphatic rings. The summed E-state index contributed by atoms with van der Waals surface area (Å²) in [5.74, 6) is -1.82. The van der Waals surface area contributed by atoms with Gasteiger partial charge in [0.1, 0.15) is 20.5 Å². The van der Waals surface area contributed by atoms with Crippen LogP contribution in [-0.2, 0) is 14.3 Å². The number of fused-ring (bicyclic) bond motifs is 1. The number of nitrogens with zero attached hydrogens (tertiary/aromatic N) is 2. The maximum absolute atomic E-state index is 14.0. The number of nitro groups is 1. The molecule has 0 radical (unpaired) electrons. The number of rotatable bonds is 7. The average molecular weight is 572 g/mol. The highest BCUT2D eigenvalue weighted by Crippen LogP contribution is 2.33. The Morgan fingerprint density at radius 1 is 1.02 bits per heavy atom. The van der Waals surface area contributed by atoms with Crippen LogP contribution >= 0.6 is 11.3 Å². The third kappa shape index (κ3) is 4.92. The molecule has 0 atom stereocenters. The molecule has 1 amide bonds. The van der Waals surface area contributed by atoms with E-state index in [4.69, 9.17) is 9.47 Å². The molecular weight excluding hydrogens is 550 g/mol. The van der Waals surface area contributed by atoms with Crippen LogP contribution in [0.1, 0.15) is 22.8 Å². The van der Waals surface area contributed by atoms with E-state index in [1.165, 1.54) is 42.0 Å². The van der Waals surface area contributed by atoms with Crippen molar-refractivity contribution in [3.8, 4) is 11.4 Å². The van der Waals surface area contributed by atoms with Crippen LogP contribution in [0.5, 0.6) is 5.75 Å². The Kier molecular flexibility index (Phi) is 7.32. The number of thiazole rings is 1. The van der Waals surface area contributed by atoms with E-state index in [9.17, 15) is 29.3 Å². The molecule has 4 aromatic rings. The first kappa shape index (κ1) is 27.2. The van der Waals surface area contributed by atoms with Gasteiger partial charge in [0.25, 0.3) is 17.2 Å². The number of para-hydroxylation sites is 1. The van der Waals surface area contributed by atoms with Crippen LogP contribution in [0.25, 0.3) is 16.8 Å². The van der Waals surface area contributed by atoms with E-state index in [1.54, 1.807) is 49.4 Å². The Balaban J connectivity index is 1.92. The maximum Gasteiger partial charge on any atom is 0.345 e. The number of hydrogen-bond donors (Lipinski definition) is 1. The fourth-order valence-electron chi connectivity index (χ4n) is 4.37. The first-order chi connectivity index (χ1) is 19.7. The Hall–Kier alpha value is -5.36. The molecule has 1 aliphatic heterocycles. The van der Waals surface area contributed by atoms with Crippen molar-refractivity contribution in [2.24, 2.45) is 0 Å². The number of non-ortho nitro benzene ring substituents is 1. The van der Waals surface area contributed by atoms with Crippen LogP contribution < -0.4 is 24.8 Å². The number of esters is 1. The number of nitro benzene ring substituents is 1. The fraction of sp³-hybridized carbons (Fsp3) is 0.103. The van der Waals surface area contributed by atoms with Crippen molar-refractivity contribution in [1.29, 1.82) is 0 Å². The summed E-state index contributed by atoms with van der Waals surface area (Å²) in [6, 6.07) is 18.2. The summed E-state index contributed by atoms with van der Waals surface area (Å²) in [5, 5.41) is 14.1. The van der Waals surface area contributed by atoms with E-state index in [-0.39, 0.29) is 38.2 Å². The second-order valence-corrected chi connectivity index (χ2v) is 9.68. The number of benzene rings is 3. The van der Waals surface area contributed by atoms with E-state index >= 15 is 0 Å². The van der Waals surface area contributed by atoms with E-state index in [1.807, 2.05) is 0 Å². The summed E-state index contributed by atoms with van der Waals surface area (Å²) in [6.07, 6.45) is 0. The molecule has 0 fully saturated rings. The number of amides is 1. The number of Topliss-reactive ketones (excluding diaryl/α,β-unsaturated/α-hetero) is 1. The van der Waals surface area contributed by atoms with Gasteiger partial charge < -0.3 is 14.8 Å². The predicted molar refractivity (Wildman–Crippen MR) is 151 cm³/mol. The summed E-state index contributed by atoms with van der Waals surface area (Å²) in [7, 11) is 1.47. The van der Waals surface area contributed by atoms with Gasteiger partial charge in [0.05, 0.1) is 29.9 Å². The lowest BCUT2D eigenvalue weighted by molar-refractivity contribution is -0.384. The number of ketones is 1. The van der Waals surface area contributed by atoms with Crippen molar-refractivity contribution in [3.63, 3.8) is 0 Å². The molecular formula is C29H21N3O8S. The summed E-state index contributed by atoms with van der Waals surface area (Å²) in [6.45, 7) is 1.54. The monoisotopic (exact) mass is 571 g/mol. The summed E-state index contributed by atoms with van der Waals surface area (Å²) in [5.41, 5.74) is -0.548. The van der Waals surface area contributed by atoms with Crippen molar-refractivity contribution in [1.82, 2.24) is 4.57 Å². The van der Waals surface area contributed by atoms with Crippen LogP contribution in [0.2, 0.25) is 0 Å². The van der Waals surface area contributed by atoms with Gasteiger partial charge in [-0.15, -0.1) is 11.3 Å². The lowest BCUT2D eigenvalue weighted by Gasteiger charge is -2.09. The molecule has 0 spiro atoms. The van der Waals surface area contributed by atoms with Crippen LogP contribution in [0.15, 0.2) is 77.6 Å². The number of ether oxygens (including phenoxy) is 2. The minimum Gasteiger partial charge on any atom is -0.497 e. The van der Waals surface area contributed by atoms with Gasteiger partial charge in [-0.3, -0.25) is 29.1 Å². The zero-order valence-electron chi connectivity index (χ0n) is 21.7. The Morgan fingerprint density at radius 3 is 2.37 bits per heavy atom. The smallest absolute Gasteiger partial charge is 0.345 e. The van der Waals surface area contributed by atoms with Crippen molar-refractivity contribution >= 4 is 51.5 Å².